The Morgan fingerprint density at radius 2 is 1.80 bits per heavy atom. The Bertz CT molecular complexity index is 865. The molecule has 0 bridgehead atoms. The summed E-state index contributed by atoms with van der Waals surface area (Å²) in [5.41, 5.74) is 0.177. The van der Waals surface area contributed by atoms with E-state index in [9.17, 15) is 18.0 Å². The van der Waals surface area contributed by atoms with Crippen molar-refractivity contribution in [2.24, 2.45) is 0 Å². The molecule has 1 amide bonds. The van der Waals surface area contributed by atoms with Gasteiger partial charge in [0.25, 0.3) is 5.91 Å². The van der Waals surface area contributed by atoms with Gasteiger partial charge in [-0.3, -0.25) is 4.79 Å². The fourth-order valence-corrected chi connectivity index (χ4v) is 3.43. The largest absolute Gasteiger partial charge is 0.490 e. The van der Waals surface area contributed by atoms with Crippen LogP contribution in [-0.2, 0) is 10.9 Å². The van der Waals surface area contributed by atoms with Gasteiger partial charge in [-0.05, 0) is 49.6 Å². The number of carbonyl (C=O) groups is 1. The zero-order valence-electron chi connectivity index (χ0n) is 16.8. The Labute approximate surface area is 173 Å². The van der Waals surface area contributed by atoms with Crippen molar-refractivity contribution < 1.29 is 27.4 Å². The predicted octanol–water partition coefficient (Wildman–Crippen LogP) is 4.97. The molecule has 1 heterocycles. The molecule has 8 heteroatoms. The number of nitrogens with zero attached hydrogens (tertiary/aromatic N) is 1. The number of halogens is 3. The zero-order chi connectivity index (χ0) is 21.6. The number of hydrogen-bond acceptors (Lipinski definition) is 4. The molecule has 1 saturated heterocycles. The molecule has 1 aliphatic heterocycles. The second-order valence-electron chi connectivity index (χ2n) is 7.07. The van der Waals surface area contributed by atoms with Crippen LogP contribution in [0.2, 0.25) is 0 Å². The zero-order valence-corrected chi connectivity index (χ0v) is 16.8. The quantitative estimate of drug-likeness (QED) is 0.640. The van der Waals surface area contributed by atoms with E-state index in [2.05, 4.69) is 5.32 Å². The SMILES string of the molecule is COCCOc1ccccc1C(=O)Nc1cc(C(F)(F)F)ccc1N1CCCCC1. The lowest BCUT2D eigenvalue weighted by Crippen LogP contribution is -2.30. The van der Waals surface area contributed by atoms with Gasteiger partial charge in [0.2, 0.25) is 0 Å². The third-order valence-electron chi connectivity index (χ3n) is 4.95. The number of anilines is 2. The highest BCUT2D eigenvalue weighted by atomic mass is 19.4. The van der Waals surface area contributed by atoms with Crippen LogP contribution < -0.4 is 15.0 Å². The number of para-hydroxylation sites is 1. The Morgan fingerprint density at radius 1 is 1.07 bits per heavy atom. The number of benzene rings is 2. The molecule has 5 nitrogen and oxygen atoms in total. The van der Waals surface area contributed by atoms with E-state index in [0.29, 0.717) is 18.0 Å². The van der Waals surface area contributed by atoms with Crippen LogP contribution in [0.4, 0.5) is 24.5 Å². The highest BCUT2D eigenvalue weighted by Gasteiger charge is 2.32. The lowest BCUT2D eigenvalue weighted by molar-refractivity contribution is -0.137. The van der Waals surface area contributed by atoms with Crippen molar-refractivity contribution in [3.05, 3.63) is 53.6 Å². The summed E-state index contributed by atoms with van der Waals surface area (Å²) in [4.78, 5) is 15.0. The van der Waals surface area contributed by atoms with Crippen LogP contribution in [0.1, 0.15) is 35.2 Å². The standard InChI is InChI=1S/C22H25F3N2O3/c1-29-13-14-30-20-8-4-3-7-17(20)21(28)26-18-15-16(22(23,24)25)9-10-19(18)27-11-5-2-6-12-27/h3-4,7-10,15H,2,5-6,11-14H2,1H3,(H,26,28). The average Bonchev–Trinajstić information content (AvgIpc) is 2.74. The van der Waals surface area contributed by atoms with Gasteiger partial charge < -0.3 is 19.7 Å². The van der Waals surface area contributed by atoms with E-state index >= 15 is 0 Å². The van der Waals surface area contributed by atoms with Crippen LogP contribution >= 0.6 is 0 Å². The van der Waals surface area contributed by atoms with Crippen LogP contribution in [-0.4, -0.2) is 39.3 Å². The van der Waals surface area contributed by atoms with Gasteiger partial charge >= 0.3 is 6.18 Å². The molecule has 0 saturated carbocycles. The Hall–Kier alpha value is -2.74. The minimum atomic E-state index is -4.50. The maximum Gasteiger partial charge on any atom is 0.416 e. The van der Waals surface area contributed by atoms with Crippen molar-refractivity contribution in [3.8, 4) is 5.75 Å². The number of ether oxygens (including phenoxy) is 2. The van der Waals surface area contributed by atoms with Gasteiger partial charge in [-0.25, -0.2) is 0 Å². The number of nitrogens with one attached hydrogen (secondary N) is 1. The normalized spacial score (nSPS) is 14.5. The first-order valence-corrected chi connectivity index (χ1v) is 9.88. The number of rotatable bonds is 7. The summed E-state index contributed by atoms with van der Waals surface area (Å²) >= 11 is 0. The first-order valence-electron chi connectivity index (χ1n) is 9.88. The van der Waals surface area contributed by atoms with Crippen molar-refractivity contribution >= 4 is 17.3 Å². The molecule has 1 N–H and O–H groups in total. The minimum Gasteiger partial charge on any atom is -0.490 e. The van der Waals surface area contributed by atoms with E-state index in [1.807, 2.05) is 4.90 Å². The van der Waals surface area contributed by atoms with Crippen LogP contribution in [0.25, 0.3) is 0 Å². The predicted molar refractivity (Wildman–Crippen MR) is 109 cm³/mol. The first kappa shape index (κ1) is 22.0. The van der Waals surface area contributed by atoms with Gasteiger partial charge in [0.05, 0.1) is 29.1 Å². The summed E-state index contributed by atoms with van der Waals surface area (Å²) in [6.07, 6.45) is -1.48. The maximum absolute atomic E-state index is 13.3. The Morgan fingerprint density at radius 3 is 2.50 bits per heavy atom. The van der Waals surface area contributed by atoms with Gasteiger partial charge in [-0.1, -0.05) is 12.1 Å². The highest BCUT2D eigenvalue weighted by Crippen LogP contribution is 2.36. The van der Waals surface area contributed by atoms with Crippen molar-refractivity contribution in [1.82, 2.24) is 0 Å². The summed E-state index contributed by atoms with van der Waals surface area (Å²) < 4.78 is 50.4. The molecule has 3 rings (SSSR count). The number of methoxy groups -OCH3 is 1. The first-order chi connectivity index (χ1) is 14.4. The van der Waals surface area contributed by atoms with Crippen molar-refractivity contribution in [2.45, 2.75) is 25.4 Å². The van der Waals surface area contributed by atoms with Gasteiger partial charge in [-0.2, -0.15) is 13.2 Å². The van der Waals surface area contributed by atoms with E-state index < -0.39 is 17.6 Å². The number of hydrogen-bond donors (Lipinski definition) is 1. The summed E-state index contributed by atoms with van der Waals surface area (Å²) in [6.45, 7) is 2.09. The van der Waals surface area contributed by atoms with Gasteiger partial charge in [-0.15, -0.1) is 0 Å². The molecule has 0 radical (unpaired) electrons. The topological polar surface area (TPSA) is 50.8 Å². The minimum absolute atomic E-state index is 0.142. The average molecular weight is 422 g/mol. The lowest BCUT2D eigenvalue weighted by atomic mass is 10.1. The fraction of sp³-hybridized carbons (Fsp3) is 0.409. The summed E-state index contributed by atoms with van der Waals surface area (Å²) in [7, 11) is 1.54. The van der Waals surface area contributed by atoms with Crippen molar-refractivity contribution in [3.63, 3.8) is 0 Å². The molecule has 2 aromatic carbocycles. The van der Waals surface area contributed by atoms with E-state index in [1.54, 1.807) is 24.3 Å². The molecule has 0 spiro atoms. The molecule has 2 aromatic rings. The summed E-state index contributed by atoms with van der Waals surface area (Å²) in [5.74, 6) is -0.181. The van der Waals surface area contributed by atoms with Crippen LogP contribution in [0.3, 0.4) is 0 Å². The maximum atomic E-state index is 13.3. The molecular weight excluding hydrogens is 397 g/mol. The van der Waals surface area contributed by atoms with E-state index in [4.69, 9.17) is 9.47 Å². The number of carbonyl (C=O) groups excluding carboxylic acids is 1. The molecule has 30 heavy (non-hydrogen) atoms. The number of alkyl halides is 3. The highest BCUT2D eigenvalue weighted by molar-refractivity contribution is 6.07. The molecule has 0 unspecified atom stereocenters. The molecule has 1 fully saturated rings. The lowest BCUT2D eigenvalue weighted by Gasteiger charge is -2.31. The molecular formula is C22H25F3N2O3. The molecule has 1 aliphatic rings. The van der Waals surface area contributed by atoms with E-state index in [-0.39, 0.29) is 17.9 Å². The van der Waals surface area contributed by atoms with E-state index in [0.717, 1.165) is 44.5 Å². The molecule has 162 valence electrons. The molecule has 0 atom stereocenters. The fourth-order valence-electron chi connectivity index (χ4n) is 3.43. The van der Waals surface area contributed by atoms with E-state index in [1.165, 1.54) is 13.2 Å². The number of amides is 1. The summed E-state index contributed by atoms with van der Waals surface area (Å²) in [6, 6.07) is 10.1. The monoisotopic (exact) mass is 422 g/mol. The second-order valence-corrected chi connectivity index (χ2v) is 7.07. The molecule has 0 aliphatic carbocycles. The van der Waals surface area contributed by atoms with Crippen LogP contribution in [0.15, 0.2) is 42.5 Å². The van der Waals surface area contributed by atoms with Gasteiger partial charge in [0.15, 0.2) is 0 Å². The van der Waals surface area contributed by atoms with Crippen LogP contribution in [0.5, 0.6) is 5.75 Å². The van der Waals surface area contributed by atoms with Crippen molar-refractivity contribution in [1.29, 1.82) is 0 Å². The Kier molecular flexibility index (Phi) is 7.20. The van der Waals surface area contributed by atoms with Gasteiger partial charge in [0.1, 0.15) is 12.4 Å². The van der Waals surface area contributed by atoms with Crippen LogP contribution in [0, 0.1) is 0 Å². The van der Waals surface area contributed by atoms with Crippen molar-refractivity contribution in [2.75, 3.05) is 43.6 Å². The summed E-state index contributed by atoms with van der Waals surface area (Å²) in [5, 5.41) is 2.68. The number of piperidine rings is 1. The Balaban J connectivity index is 1.89. The third kappa shape index (κ3) is 5.44. The third-order valence-corrected chi connectivity index (χ3v) is 4.95. The van der Waals surface area contributed by atoms with Gasteiger partial charge in [0, 0.05) is 20.2 Å². The second kappa shape index (κ2) is 9.84. The molecule has 0 aromatic heterocycles. The smallest absolute Gasteiger partial charge is 0.416 e.